The van der Waals surface area contributed by atoms with Gasteiger partial charge in [0.15, 0.2) is 4.77 Å². The molecule has 0 unspecified atom stereocenters. The van der Waals surface area contributed by atoms with E-state index in [4.69, 9.17) is 12.2 Å². The zero-order valence-electron chi connectivity index (χ0n) is 19.2. The van der Waals surface area contributed by atoms with Crippen LogP contribution in [0, 0.1) is 11.7 Å². The molecule has 2 heterocycles. The van der Waals surface area contributed by atoms with E-state index in [1.165, 1.54) is 5.56 Å². The van der Waals surface area contributed by atoms with Crippen LogP contribution >= 0.6 is 23.6 Å². The van der Waals surface area contributed by atoms with Crippen LogP contribution in [0.1, 0.15) is 36.3 Å². The van der Waals surface area contributed by atoms with Gasteiger partial charge in [-0.05, 0) is 56.1 Å². The SMILES string of the molecule is Cc1nc(-c2ccc(CCNC(=O)CCCCCn3c(=S)[nH]c4ccccc4c3=O)cc2)cs1. The van der Waals surface area contributed by atoms with Gasteiger partial charge >= 0.3 is 0 Å². The molecule has 0 saturated carbocycles. The Morgan fingerprint density at radius 1 is 1.12 bits per heavy atom. The van der Waals surface area contributed by atoms with Gasteiger partial charge in [-0.25, -0.2) is 4.98 Å². The normalized spacial score (nSPS) is 11.1. The Kier molecular flexibility index (Phi) is 8.03. The van der Waals surface area contributed by atoms with Crippen molar-refractivity contribution in [1.29, 1.82) is 0 Å². The van der Waals surface area contributed by atoms with E-state index < -0.39 is 0 Å². The topological polar surface area (TPSA) is 79.8 Å². The number of aromatic nitrogens is 3. The standard InChI is InChI=1S/C26H28N4O2S2/c1-18-28-23(17-34-18)20-12-10-19(11-13-20)14-15-27-24(31)9-3-2-6-16-30-25(32)21-7-4-5-8-22(21)29-26(30)33/h4-5,7-8,10-13,17H,2-3,6,9,14-16H2,1H3,(H,27,31)(H,29,33). The largest absolute Gasteiger partial charge is 0.356 e. The molecule has 0 aliphatic rings. The van der Waals surface area contributed by atoms with Crippen molar-refractivity contribution in [2.24, 2.45) is 0 Å². The number of thiazole rings is 1. The molecular formula is C26H28N4O2S2. The van der Waals surface area contributed by atoms with Crippen molar-refractivity contribution in [1.82, 2.24) is 19.9 Å². The number of unbranched alkanes of at least 4 members (excludes halogenated alkanes) is 2. The highest BCUT2D eigenvalue weighted by Crippen LogP contribution is 2.21. The van der Waals surface area contributed by atoms with Crippen LogP contribution in [0.4, 0.5) is 0 Å². The average Bonchev–Trinajstić information content (AvgIpc) is 3.27. The maximum atomic E-state index is 12.7. The molecule has 0 atom stereocenters. The minimum absolute atomic E-state index is 0.0631. The molecule has 2 aromatic carbocycles. The van der Waals surface area contributed by atoms with Gasteiger partial charge < -0.3 is 10.3 Å². The van der Waals surface area contributed by atoms with Crippen LogP contribution in [0.3, 0.4) is 0 Å². The fourth-order valence-corrected chi connectivity index (χ4v) is 4.81. The number of fused-ring (bicyclic) bond motifs is 1. The van der Waals surface area contributed by atoms with E-state index in [-0.39, 0.29) is 11.5 Å². The number of rotatable bonds is 10. The fourth-order valence-electron chi connectivity index (χ4n) is 3.91. The number of aromatic amines is 1. The van der Waals surface area contributed by atoms with Crippen molar-refractivity contribution in [3.8, 4) is 11.3 Å². The molecule has 4 rings (SSSR count). The molecule has 0 aliphatic heterocycles. The van der Waals surface area contributed by atoms with Gasteiger partial charge in [-0.3, -0.25) is 14.2 Å². The number of carbonyl (C=O) groups is 1. The lowest BCUT2D eigenvalue weighted by Crippen LogP contribution is -2.25. The van der Waals surface area contributed by atoms with Gasteiger partial charge in [-0.1, -0.05) is 42.8 Å². The number of carbonyl (C=O) groups excluding carboxylic acids is 1. The first-order valence-electron chi connectivity index (χ1n) is 11.5. The van der Waals surface area contributed by atoms with Crippen LogP contribution in [0.15, 0.2) is 58.7 Å². The molecule has 0 aliphatic carbocycles. The number of benzene rings is 2. The van der Waals surface area contributed by atoms with Crippen molar-refractivity contribution in [2.75, 3.05) is 6.54 Å². The summed E-state index contributed by atoms with van der Waals surface area (Å²) in [4.78, 5) is 32.5. The molecule has 0 saturated heterocycles. The number of para-hydroxylation sites is 1. The van der Waals surface area contributed by atoms with Gasteiger partial charge in [-0.2, -0.15) is 0 Å². The third kappa shape index (κ3) is 6.07. The van der Waals surface area contributed by atoms with Crippen LogP contribution in [0.2, 0.25) is 0 Å². The molecule has 6 nitrogen and oxygen atoms in total. The Hall–Kier alpha value is -3.10. The molecule has 34 heavy (non-hydrogen) atoms. The zero-order valence-corrected chi connectivity index (χ0v) is 20.8. The third-order valence-electron chi connectivity index (χ3n) is 5.78. The minimum Gasteiger partial charge on any atom is -0.356 e. The summed E-state index contributed by atoms with van der Waals surface area (Å²) in [6, 6.07) is 15.7. The minimum atomic E-state index is -0.0631. The van der Waals surface area contributed by atoms with Crippen LogP contribution in [0.25, 0.3) is 22.2 Å². The van der Waals surface area contributed by atoms with Gasteiger partial charge in [0.05, 0.1) is 21.6 Å². The molecule has 0 bridgehead atoms. The monoisotopic (exact) mass is 492 g/mol. The Balaban J connectivity index is 1.15. The van der Waals surface area contributed by atoms with Crippen LogP contribution in [-0.2, 0) is 17.8 Å². The molecule has 1 amide bonds. The van der Waals surface area contributed by atoms with Gasteiger partial charge in [0.2, 0.25) is 5.91 Å². The average molecular weight is 493 g/mol. The summed E-state index contributed by atoms with van der Waals surface area (Å²) in [6.07, 6.45) is 3.73. The second-order valence-corrected chi connectivity index (χ2v) is 9.74. The van der Waals surface area contributed by atoms with Gasteiger partial charge in [0, 0.05) is 30.5 Å². The first-order valence-corrected chi connectivity index (χ1v) is 12.8. The molecule has 0 fully saturated rings. The fraction of sp³-hybridized carbons (Fsp3) is 0.308. The molecule has 2 aromatic heterocycles. The zero-order chi connectivity index (χ0) is 23.9. The second-order valence-electron chi connectivity index (χ2n) is 8.29. The predicted octanol–water partition coefficient (Wildman–Crippen LogP) is 5.41. The molecule has 0 spiro atoms. The van der Waals surface area contributed by atoms with Crippen LogP contribution < -0.4 is 10.9 Å². The summed E-state index contributed by atoms with van der Waals surface area (Å²) in [5.41, 5.74) is 4.01. The predicted molar refractivity (Wildman–Crippen MR) is 141 cm³/mol. The number of aryl methyl sites for hydroxylation is 1. The lowest BCUT2D eigenvalue weighted by Gasteiger charge is -2.08. The highest BCUT2D eigenvalue weighted by atomic mass is 32.1. The van der Waals surface area contributed by atoms with E-state index in [9.17, 15) is 9.59 Å². The Labute approximate surface area is 207 Å². The Morgan fingerprint density at radius 3 is 2.68 bits per heavy atom. The number of H-pyrrole nitrogens is 1. The Bertz CT molecular complexity index is 1390. The summed E-state index contributed by atoms with van der Waals surface area (Å²) < 4.78 is 2.05. The molecule has 176 valence electrons. The molecular weight excluding hydrogens is 464 g/mol. The number of hydrogen-bond donors (Lipinski definition) is 2. The van der Waals surface area contributed by atoms with Crippen molar-refractivity contribution in [3.63, 3.8) is 0 Å². The second kappa shape index (κ2) is 11.4. The molecule has 4 aromatic rings. The lowest BCUT2D eigenvalue weighted by molar-refractivity contribution is -0.121. The van der Waals surface area contributed by atoms with E-state index in [1.54, 1.807) is 22.0 Å². The van der Waals surface area contributed by atoms with E-state index in [2.05, 4.69) is 44.9 Å². The molecule has 8 heteroatoms. The van der Waals surface area contributed by atoms with Crippen LogP contribution in [-0.4, -0.2) is 27.0 Å². The van der Waals surface area contributed by atoms with E-state index in [0.29, 0.717) is 29.7 Å². The van der Waals surface area contributed by atoms with Crippen molar-refractivity contribution < 1.29 is 4.79 Å². The number of amides is 1. The quantitative estimate of drug-likeness (QED) is 0.229. The van der Waals surface area contributed by atoms with Gasteiger partial charge in [0.1, 0.15) is 0 Å². The van der Waals surface area contributed by atoms with Gasteiger partial charge in [-0.15, -0.1) is 11.3 Å². The number of hydrogen-bond acceptors (Lipinski definition) is 5. The van der Waals surface area contributed by atoms with E-state index >= 15 is 0 Å². The summed E-state index contributed by atoms with van der Waals surface area (Å²) in [6.45, 7) is 3.18. The lowest BCUT2D eigenvalue weighted by atomic mass is 10.1. The number of nitrogens with one attached hydrogen (secondary N) is 2. The van der Waals surface area contributed by atoms with Gasteiger partial charge in [0.25, 0.3) is 5.56 Å². The summed E-state index contributed by atoms with van der Waals surface area (Å²) in [7, 11) is 0. The van der Waals surface area contributed by atoms with Crippen molar-refractivity contribution in [2.45, 2.75) is 45.6 Å². The van der Waals surface area contributed by atoms with E-state index in [1.807, 2.05) is 25.1 Å². The molecule has 0 radical (unpaired) electrons. The van der Waals surface area contributed by atoms with Crippen LogP contribution in [0.5, 0.6) is 0 Å². The van der Waals surface area contributed by atoms with Crippen molar-refractivity contribution in [3.05, 3.63) is 79.6 Å². The smallest absolute Gasteiger partial charge is 0.262 e. The maximum absolute atomic E-state index is 12.7. The summed E-state index contributed by atoms with van der Waals surface area (Å²) >= 11 is 7.00. The van der Waals surface area contributed by atoms with Crippen molar-refractivity contribution >= 4 is 40.4 Å². The Morgan fingerprint density at radius 2 is 1.91 bits per heavy atom. The maximum Gasteiger partial charge on any atom is 0.262 e. The highest BCUT2D eigenvalue weighted by Gasteiger charge is 2.06. The number of nitrogens with zero attached hydrogens (tertiary/aromatic N) is 2. The summed E-state index contributed by atoms with van der Waals surface area (Å²) in [5.74, 6) is 0.0646. The first kappa shape index (κ1) is 24.0. The third-order valence-corrected chi connectivity index (χ3v) is 6.88. The first-order chi connectivity index (χ1) is 16.5. The van der Waals surface area contributed by atoms with E-state index in [0.717, 1.165) is 47.5 Å². The highest BCUT2D eigenvalue weighted by molar-refractivity contribution is 7.71. The molecule has 2 N–H and O–H groups in total. The summed E-state index contributed by atoms with van der Waals surface area (Å²) in [5, 5.41) is 6.77.